The number of carbonyl (C=O) groups excluding carboxylic acids is 2. The molecule has 0 aromatic carbocycles. The molecule has 5 rings (SSSR count). The second kappa shape index (κ2) is 8.45. The van der Waals surface area contributed by atoms with Crippen LogP contribution in [0.2, 0.25) is 0 Å². The number of anilines is 1. The molecule has 8 nitrogen and oxygen atoms in total. The molecule has 32 heavy (non-hydrogen) atoms. The van der Waals surface area contributed by atoms with Gasteiger partial charge in [-0.15, -0.1) is 0 Å². The zero-order chi connectivity index (χ0) is 22.1. The van der Waals surface area contributed by atoms with E-state index in [9.17, 15) is 9.59 Å². The first-order valence-corrected chi connectivity index (χ1v) is 10.9. The predicted octanol–water partition coefficient (Wildman–Crippen LogP) is 2.97. The van der Waals surface area contributed by atoms with Gasteiger partial charge < -0.3 is 4.90 Å². The lowest BCUT2D eigenvalue weighted by Crippen LogP contribution is -2.40. The van der Waals surface area contributed by atoms with Crippen LogP contribution in [0.5, 0.6) is 0 Å². The van der Waals surface area contributed by atoms with Gasteiger partial charge in [0.05, 0.1) is 11.7 Å². The van der Waals surface area contributed by atoms with Crippen molar-refractivity contribution in [1.82, 2.24) is 24.8 Å². The van der Waals surface area contributed by atoms with Gasteiger partial charge in [0.15, 0.2) is 5.82 Å². The number of rotatable bonds is 3. The minimum atomic E-state index is 0.0258. The fourth-order valence-corrected chi connectivity index (χ4v) is 4.44. The fourth-order valence-electron chi connectivity index (χ4n) is 4.44. The van der Waals surface area contributed by atoms with Crippen molar-refractivity contribution in [3.8, 4) is 0 Å². The van der Waals surface area contributed by atoms with Crippen LogP contribution in [-0.2, 0) is 9.59 Å². The van der Waals surface area contributed by atoms with Gasteiger partial charge in [-0.1, -0.05) is 12.1 Å². The van der Waals surface area contributed by atoms with Gasteiger partial charge in [0.25, 0.3) is 0 Å². The Bertz CT molecular complexity index is 1220. The molecule has 162 valence electrons. The van der Waals surface area contributed by atoms with Crippen LogP contribution in [-0.4, -0.2) is 56.3 Å². The van der Waals surface area contributed by atoms with E-state index in [0.29, 0.717) is 38.3 Å². The SMILES string of the molecule is CC(=O)N1CC=C(c2nccnc2N2CCC(c3ccc4ccncc4n3)CC2=O)CC1. The lowest BCUT2D eigenvalue weighted by atomic mass is 9.91. The average molecular weight is 428 g/mol. The molecule has 0 aliphatic carbocycles. The molecule has 1 fully saturated rings. The highest BCUT2D eigenvalue weighted by molar-refractivity contribution is 5.96. The van der Waals surface area contributed by atoms with E-state index in [0.717, 1.165) is 34.3 Å². The summed E-state index contributed by atoms with van der Waals surface area (Å²) in [6, 6.07) is 5.99. The van der Waals surface area contributed by atoms with Crippen molar-refractivity contribution in [3.63, 3.8) is 0 Å². The Morgan fingerprint density at radius 1 is 1.09 bits per heavy atom. The Morgan fingerprint density at radius 2 is 1.97 bits per heavy atom. The van der Waals surface area contributed by atoms with Crippen molar-refractivity contribution in [2.24, 2.45) is 0 Å². The minimum Gasteiger partial charge on any atom is -0.339 e. The third-order valence-corrected chi connectivity index (χ3v) is 6.25. The summed E-state index contributed by atoms with van der Waals surface area (Å²) in [6.45, 7) is 3.35. The molecule has 5 heterocycles. The fraction of sp³-hybridized carbons (Fsp3) is 0.333. The van der Waals surface area contributed by atoms with E-state index in [2.05, 4.69) is 15.0 Å². The molecule has 1 atom stereocenters. The molecule has 0 bridgehead atoms. The van der Waals surface area contributed by atoms with Crippen LogP contribution in [0, 0.1) is 0 Å². The zero-order valence-corrected chi connectivity index (χ0v) is 17.9. The number of aromatic nitrogens is 4. The third kappa shape index (κ3) is 3.84. The van der Waals surface area contributed by atoms with Crippen molar-refractivity contribution >= 4 is 34.1 Å². The van der Waals surface area contributed by atoms with Crippen LogP contribution < -0.4 is 4.90 Å². The van der Waals surface area contributed by atoms with Crippen molar-refractivity contribution in [2.75, 3.05) is 24.5 Å². The van der Waals surface area contributed by atoms with Gasteiger partial charge in [0, 0.05) is 68.6 Å². The Hall–Kier alpha value is -3.68. The highest BCUT2D eigenvalue weighted by atomic mass is 16.2. The maximum atomic E-state index is 13.2. The van der Waals surface area contributed by atoms with Crippen LogP contribution in [0.25, 0.3) is 16.5 Å². The summed E-state index contributed by atoms with van der Waals surface area (Å²) < 4.78 is 0. The van der Waals surface area contributed by atoms with Gasteiger partial charge in [0.1, 0.15) is 5.69 Å². The average Bonchev–Trinajstić information content (AvgIpc) is 2.84. The number of amides is 2. The Kier molecular flexibility index (Phi) is 5.34. The first-order chi connectivity index (χ1) is 15.6. The molecular weight excluding hydrogens is 404 g/mol. The van der Waals surface area contributed by atoms with Gasteiger partial charge in [0.2, 0.25) is 11.8 Å². The van der Waals surface area contributed by atoms with Crippen LogP contribution >= 0.6 is 0 Å². The maximum absolute atomic E-state index is 13.2. The van der Waals surface area contributed by atoms with Crippen molar-refractivity contribution in [1.29, 1.82) is 0 Å². The monoisotopic (exact) mass is 428 g/mol. The second-order valence-corrected chi connectivity index (χ2v) is 8.21. The van der Waals surface area contributed by atoms with Crippen molar-refractivity contribution in [3.05, 3.63) is 60.5 Å². The molecule has 0 N–H and O–H groups in total. The third-order valence-electron chi connectivity index (χ3n) is 6.25. The molecule has 3 aromatic rings. The normalized spacial score (nSPS) is 19.2. The van der Waals surface area contributed by atoms with Gasteiger partial charge in [-0.3, -0.25) is 29.4 Å². The summed E-state index contributed by atoms with van der Waals surface area (Å²) in [7, 11) is 0. The topological polar surface area (TPSA) is 92.2 Å². The number of pyridine rings is 2. The number of hydrogen-bond acceptors (Lipinski definition) is 6. The lowest BCUT2D eigenvalue weighted by Gasteiger charge is -2.32. The molecule has 2 aliphatic rings. The number of fused-ring (bicyclic) bond motifs is 1. The van der Waals surface area contributed by atoms with Crippen LogP contribution in [0.15, 0.2) is 49.1 Å². The number of hydrogen-bond donors (Lipinski definition) is 0. The highest BCUT2D eigenvalue weighted by Gasteiger charge is 2.31. The first-order valence-electron chi connectivity index (χ1n) is 10.9. The molecule has 8 heteroatoms. The van der Waals surface area contributed by atoms with Gasteiger partial charge in [-0.2, -0.15) is 0 Å². The highest BCUT2D eigenvalue weighted by Crippen LogP contribution is 2.34. The zero-order valence-electron chi connectivity index (χ0n) is 17.9. The Labute approximate surface area is 186 Å². The molecule has 1 unspecified atom stereocenters. The van der Waals surface area contributed by atoms with Crippen LogP contribution in [0.3, 0.4) is 0 Å². The van der Waals surface area contributed by atoms with Gasteiger partial charge >= 0.3 is 0 Å². The number of nitrogens with zero attached hydrogens (tertiary/aromatic N) is 6. The summed E-state index contributed by atoms with van der Waals surface area (Å²) in [5.74, 6) is 0.767. The summed E-state index contributed by atoms with van der Waals surface area (Å²) in [4.78, 5) is 46.3. The smallest absolute Gasteiger partial charge is 0.228 e. The molecular formula is C24H24N6O2. The Balaban J connectivity index is 1.36. The van der Waals surface area contributed by atoms with Crippen molar-refractivity contribution < 1.29 is 9.59 Å². The maximum Gasteiger partial charge on any atom is 0.228 e. The van der Waals surface area contributed by atoms with Crippen molar-refractivity contribution in [2.45, 2.75) is 32.1 Å². The molecule has 0 radical (unpaired) electrons. The van der Waals surface area contributed by atoms with Crippen LogP contribution in [0.4, 0.5) is 5.82 Å². The van der Waals surface area contributed by atoms with Crippen LogP contribution in [0.1, 0.15) is 43.5 Å². The molecule has 2 amide bonds. The van der Waals surface area contributed by atoms with E-state index in [4.69, 9.17) is 4.98 Å². The van der Waals surface area contributed by atoms with E-state index in [1.54, 1.807) is 41.5 Å². The molecule has 1 saturated heterocycles. The quantitative estimate of drug-likeness (QED) is 0.637. The number of carbonyl (C=O) groups is 2. The van der Waals surface area contributed by atoms with E-state index in [1.807, 2.05) is 24.3 Å². The lowest BCUT2D eigenvalue weighted by molar-refractivity contribution is -0.128. The van der Waals surface area contributed by atoms with Gasteiger partial charge in [-0.25, -0.2) is 4.98 Å². The standard InChI is InChI=1S/C24H24N6O2/c1-16(31)29-11-5-18(6-12-29)23-24(27-10-9-26-23)30-13-7-19(14-22(30)32)20-3-2-17-4-8-25-15-21(17)28-20/h2-5,8-10,15,19H,6-7,11-14H2,1H3. The largest absolute Gasteiger partial charge is 0.339 e. The molecule has 0 spiro atoms. The molecule has 2 aliphatic heterocycles. The molecule has 3 aromatic heterocycles. The summed E-state index contributed by atoms with van der Waals surface area (Å²) in [6.07, 6.45) is 10.7. The first kappa shape index (κ1) is 20.2. The predicted molar refractivity (Wildman–Crippen MR) is 121 cm³/mol. The Morgan fingerprint density at radius 3 is 2.75 bits per heavy atom. The van der Waals surface area contributed by atoms with E-state index in [-0.39, 0.29) is 17.7 Å². The summed E-state index contributed by atoms with van der Waals surface area (Å²) >= 11 is 0. The number of piperidine rings is 1. The van der Waals surface area contributed by atoms with Gasteiger partial charge in [-0.05, 0) is 30.5 Å². The van der Waals surface area contributed by atoms with E-state index >= 15 is 0 Å². The second-order valence-electron chi connectivity index (χ2n) is 8.21. The summed E-state index contributed by atoms with van der Waals surface area (Å²) in [5, 5.41) is 1.04. The van der Waals surface area contributed by atoms with E-state index in [1.165, 1.54) is 0 Å². The minimum absolute atomic E-state index is 0.0258. The summed E-state index contributed by atoms with van der Waals surface area (Å²) in [5.41, 5.74) is 3.54. The molecule has 0 saturated carbocycles. The van der Waals surface area contributed by atoms with E-state index < -0.39 is 0 Å².